The van der Waals surface area contributed by atoms with E-state index >= 15 is 0 Å². The van der Waals surface area contributed by atoms with Crippen LogP contribution in [0.1, 0.15) is 26.7 Å². The van der Waals surface area contributed by atoms with Crippen LogP contribution in [0.5, 0.6) is 0 Å². The van der Waals surface area contributed by atoms with Crippen LogP contribution in [0.25, 0.3) is 0 Å². The zero-order chi connectivity index (χ0) is 10.6. The van der Waals surface area contributed by atoms with Crippen LogP contribution in [0, 0.1) is 16.7 Å². The first kappa shape index (κ1) is 9.49. The van der Waals surface area contributed by atoms with E-state index in [4.69, 9.17) is 9.84 Å². The third-order valence-corrected chi connectivity index (χ3v) is 4.21. The minimum Gasteiger partial charge on any atom is -0.481 e. The lowest BCUT2D eigenvalue weighted by atomic mass is 9.66. The average Bonchev–Trinajstić information content (AvgIpc) is 2.47. The zero-order valence-corrected chi connectivity index (χ0v) is 8.37. The number of carbonyl (C=O) groups is 2. The van der Waals surface area contributed by atoms with E-state index in [0.29, 0.717) is 12.8 Å². The lowest BCUT2D eigenvalue weighted by Gasteiger charge is -2.31. The summed E-state index contributed by atoms with van der Waals surface area (Å²) in [6.07, 6.45) is 1.21. The van der Waals surface area contributed by atoms with Crippen LogP contribution >= 0.6 is 0 Å². The van der Waals surface area contributed by atoms with Crippen molar-refractivity contribution in [2.45, 2.75) is 26.7 Å². The molecule has 1 aliphatic heterocycles. The molecule has 1 aliphatic carbocycles. The van der Waals surface area contributed by atoms with Crippen molar-refractivity contribution in [3.63, 3.8) is 0 Å². The molecular formula is C10H14O4. The standard InChI is InChI=1S/C10H14O4/c1-9-4-3-6(7(11)12)10(9,2)5-14-8(9)13/h6H,3-5H2,1-2H3,(H,11,12)/t6-,9+,10+/m1/s1. The van der Waals surface area contributed by atoms with Gasteiger partial charge in [0.1, 0.15) is 0 Å². The Labute approximate surface area is 82.2 Å². The number of cyclic esters (lactones) is 1. The SMILES string of the molecule is C[C@@]12CC[C@H](C(=O)O)[C@]1(C)COC2=O. The first-order valence-corrected chi connectivity index (χ1v) is 4.82. The molecule has 1 saturated heterocycles. The molecule has 2 aliphatic rings. The maximum absolute atomic E-state index is 11.5. The van der Waals surface area contributed by atoms with Gasteiger partial charge in [-0.3, -0.25) is 9.59 Å². The summed E-state index contributed by atoms with van der Waals surface area (Å²) in [6.45, 7) is 3.92. The molecule has 0 bridgehead atoms. The number of carbonyl (C=O) groups excluding carboxylic acids is 1. The fourth-order valence-electron chi connectivity index (χ4n) is 2.79. The van der Waals surface area contributed by atoms with Gasteiger partial charge < -0.3 is 9.84 Å². The molecule has 4 nitrogen and oxygen atoms in total. The van der Waals surface area contributed by atoms with E-state index in [1.54, 1.807) is 0 Å². The third kappa shape index (κ3) is 0.837. The van der Waals surface area contributed by atoms with Crippen molar-refractivity contribution in [1.29, 1.82) is 0 Å². The molecule has 0 unspecified atom stereocenters. The Bertz CT molecular complexity index is 311. The van der Waals surface area contributed by atoms with E-state index in [1.165, 1.54) is 0 Å². The molecule has 2 fully saturated rings. The Kier molecular flexibility index (Phi) is 1.69. The van der Waals surface area contributed by atoms with Crippen molar-refractivity contribution >= 4 is 11.9 Å². The Hall–Kier alpha value is -1.06. The molecule has 1 N–H and O–H groups in total. The second-order valence-corrected chi connectivity index (χ2v) is 4.76. The largest absolute Gasteiger partial charge is 0.481 e. The Morgan fingerprint density at radius 1 is 1.57 bits per heavy atom. The second kappa shape index (κ2) is 2.49. The summed E-state index contributed by atoms with van der Waals surface area (Å²) in [5.74, 6) is -1.49. The summed E-state index contributed by atoms with van der Waals surface area (Å²) in [4.78, 5) is 22.6. The molecule has 3 atom stereocenters. The molecule has 0 aromatic heterocycles. The number of rotatable bonds is 1. The summed E-state index contributed by atoms with van der Waals surface area (Å²) in [6, 6.07) is 0. The van der Waals surface area contributed by atoms with Gasteiger partial charge in [0, 0.05) is 5.41 Å². The summed E-state index contributed by atoms with van der Waals surface area (Å²) in [5, 5.41) is 9.06. The smallest absolute Gasteiger partial charge is 0.312 e. The van der Waals surface area contributed by atoms with Gasteiger partial charge in [-0.05, 0) is 19.8 Å². The van der Waals surface area contributed by atoms with Crippen molar-refractivity contribution < 1.29 is 19.4 Å². The molecule has 0 aromatic carbocycles. The van der Waals surface area contributed by atoms with E-state index in [-0.39, 0.29) is 12.6 Å². The average molecular weight is 198 g/mol. The van der Waals surface area contributed by atoms with Crippen LogP contribution in [0.4, 0.5) is 0 Å². The molecule has 1 heterocycles. The third-order valence-electron chi connectivity index (χ3n) is 4.21. The highest BCUT2D eigenvalue weighted by molar-refractivity contribution is 5.83. The minimum atomic E-state index is -0.811. The fourth-order valence-corrected chi connectivity index (χ4v) is 2.79. The maximum Gasteiger partial charge on any atom is 0.312 e. The van der Waals surface area contributed by atoms with E-state index in [9.17, 15) is 9.59 Å². The van der Waals surface area contributed by atoms with Crippen molar-refractivity contribution in [2.75, 3.05) is 6.61 Å². The van der Waals surface area contributed by atoms with Crippen LogP contribution in [0.3, 0.4) is 0 Å². The van der Waals surface area contributed by atoms with Gasteiger partial charge in [-0.1, -0.05) is 6.92 Å². The molecule has 2 rings (SSSR count). The Balaban J connectivity index is 2.42. The quantitative estimate of drug-likeness (QED) is 0.639. The molecule has 0 spiro atoms. The molecular weight excluding hydrogens is 184 g/mol. The number of carboxylic acids is 1. The van der Waals surface area contributed by atoms with Crippen LogP contribution in [-0.2, 0) is 14.3 Å². The number of carboxylic acid groups (broad SMARTS) is 1. The number of aliphatic carboxylic acids is 1. The van der Waals surface area contributed by atoms with Gasteiger partial charge in [-0.2, -0.15) is 0 Å². The number of ether oxygens (including phenoxy) is 1. The molecule has 0 aromatic rings. The number of hydrogen-bond acceptors (Lipinski definition) is 3. The lowest BCUT2D eigenvalue weighted by molar-refractivity contribution is -0.146. The summed E-state index contributed by atoms with van der Waals surface area (Å²) in [5.41, 5.74) is -1.11. The van der Waals surface area contributed by atoms with Crippen molar-refractivity contribution in [2.24, 2.45) is 16.7 Å². The van der Waals surface area contributed by atoms with Crippen molar-refractivity contribution in [3.8, 4) is 0 Å². The van der Waals surface area contributed by atoms with Crippen molar-refractivity contribution in [3.05, 3.63) is 0 Å². The predicted molar refractivity (Wildman–Crippen MR) is 47.5 cm³/mol. The van der Waals surface area contributed by atoms with Crippen molar-refractivity contribution in [1.82, 2.24) is 0 Å². The highest BCUT2D eigenvalue weighted by Gasteiger charge is 2.65. The van der Waals surface area contributed by atoms with E-state index in [1.807, 2.05) is 13.8 Å². The molecule has 4 heteroatoms. The van der Waals surface area contributed by atoms with Crippen LogP contribution < -0.4 is 0 Å². The van der Waals surface area contributed by atoms with Gasteiger partial charge in [-0.25, -0.2) is 0 Å². The summed E-state index contributed by atoms with van der Waals surface area (Å²) < 4.78 is 5.00. The van der Waals surface area contributed by atoms with Gasteiger partial charge in [0.25, 0.3) is 0 Å². The van der Waals surface area contributed by atoms with E-state index < -0.39 is 22.7 Å². The molecule has 14 heavy (non-hydrogen) atoms. The number of hydrogen-bond donors (Lipinski definition) is 1. The first-order chi connectivity index (χ1) is 6.42. The fraction of sp³-hybridized carbons (Fsp3) is 0.800. The van der Waals surface area contributed by atoms with E-state index in [2.05, 4.69) is 0 Å². The lowest BCUT2D eigenvalue weighted by Crippen LogP contribution is -2.40. The number of esters is 1. The van der Waals surface area contributed by atoms with Crippen LogP contribution in [0.2, 0.25) is 0 Å². The first-order valence-electron chi connectivity index (χ1n) is 4.82. The normalized spacial score (nSPS) is 46.1. The highest BCUT2D eigenvalue weighted by Crippen LogP contribution is 2.60. The summed E-state index contributed by atoms with van der Waals surface area (Å²) in [7, 11) is 0. The summed E-state index contributed by atoms with van der Waals surface area (Å²) >= 11 is 0. The Morgan fingerprint density at radius 2 is 2.21 bits per heavy atom. The molecule has 0 amide bonds. The zero-order valence-electron chi connectivity index (χ0n) is 8.37. The van der Waals surface area contributed by atoms with Crippen LogP contribution in [0.15, 0.2) is 0 Å². The molecule has 0 radical (unpaired) electrons. The van der Waals surface area contributed by atoms with Gasteiger partial charge in [0.2, 0.25) is 0 Å². The van der Waals surface area contributed by atoms with Gasteiger partial charge in [-0.15, -0.1) is 0 Å². The van der Waals surface area contributed by atoms with Gasteiger partial charge in [0.05, 0.1) is 17.9 Å². The number of fused-ring (bicyclic) bond motifs is 1. The minimum absolute atomic E-state index is 0.233. The molecule has 78 valence electrons. The highest BCUT2D eigenvalue weighted by atomic mass is 16.5. The maximum atomic E-state index is 11.5. The molecule has 1 saturated carbocycles. The topological polar surface area (TPSA) is 63.6 Å². The predicted octanol–water partition coefficient (Wildman–Crippen LogP) is 1.05. The monoisotopic (exact) mass is 198 g/mol. The van der Waals surface area contributed by atoms with Gasteiger partial charge >= 0.3 is 11.9 Å². The van der Waals surface area contributed by atoms with Gasteiger partial charge in [0.15, 0.2) is 0 Å². The van der Waals surface area contributed by atoms with Crippen LogP contribution in [-0.4, -0.2) is 23.7 Å². The Morgan fingerprint density at radius 3 is 2.79 bits per heavy atom. The van der Waals surface area contributed by atoms with E-state index in [0.717, 1.165) is 0 Å². The second-order valence-electron chi connectivity index (χ2n) is 4.76.